The van der Waals surface area contributed by atoms with E-state index in [1.54, 1.807) is 17.0 Å². The quantitative estimate of drug-likeness (QED) is 0.465. The summed E-state index contributed by atoms with van der Waals surface area (Å²) >= 11 is 0. The van der Waals surface area contributed by atoms with Crippen molar-refractivity contribution in [2.45, 2.75) is 38.6 Å². The predicted octanol–water partition coefficient (Wildman–Crippen LogP) is 5.82. The minimum atomic E-state index is -0.503. The standard InChI is InChI=1S/C27H29N3O3/c1-18(2)19-5-11-23(12-6-19)29-27(33)30-17-3-4-25(30)26(32)28-22-13-7-20(8-14-22)21-9-15-24(31)16-10-21/h5-16,18,25,31H,3-4,17H2,1-2H3,(H,28,32)(H,29,33)/t25-/m1/s1. The summed E-state index contributed by atoms with van der Waals surface area (Å²) in [6, 6.07) is 21.5. The van der Waals surface area contributed by atoms with E-state index in [-0.39, 0.29) is 17.7 Å². The monoisotopic (exact) mass is 443 g/mol. The van der Waals surface area contributed by atoms with Gasteiger partial charge in [0.05, 0.1) is 0 Å². The highest BCUT2D eigenvalue weighted by Crippen LogP contribution is 2.25. The number of amides is 3. The third-order valence-corrected chi connectivity index (χ3v) is 6.00. The van der Waals surface area contributed by atoms with Crippen molar-refractivity contribution in [1.82, 2.24) is 4.90 Å². The van der Waals surface area contributed by atoms with Crippen LogP contribution in [0, 0.1) is 0 Å². The highest BCUT2D eigenvalue weighted by Gasteiger charge is 2.34. The number of rotatable bonds is 5. The first kappa shape index (κ1) is 22.4. The molecule has 1 fully saturated rings. The Kier molecular flexibility index (Phi) is 6.63. The van der Waals surface area contributed by atoms with Crippen LogP contribution in [0.4, 0.5) is 16.2 Å². The molecule has 33 heavy (non-hydrogen) atoms. The number of carbonyl (C=O) groups is 2. The minimum absolute atomic E-state index is 0.185. The molecule has 6 nitrogen and oxygen atoms in total. The van der Waals surface area contributed by atoms with E-state index in [0.29, 0.717) is 24.6 Å². The number of hydrogen-bond acceptors (Lipinski definition) is 3. The van der Waals surface area contributed by atoms with E-state index in [2.05, 4.69) is 24.5 Å². The van der Waals surface area contributed by atoms with Crippen molar-refractivity contribution in [3.8, 4) is 16.9 Å². The Labute approximate surface area is 194 Å². The topological polar surface area (TPSA) is 81.7 Å². The van der Waals surface area contributed by atoms with Crippen molar-refractivity contribution in [2.75, 3.05) is 17.2 Å². The van der Waals surface area contributed by atoms with E-state index in [1.807, 2.05) is 60.7 Å². The van der Waals surface area contributed by atoms with Crippen molar-refractivity contribution in [2.24, 2.45) is 0 Å². The summed E-state index contributed by atoms with van der Waals surface area (Å²) < 4.78 is 0. The molecule has 1 saturated heterocycles. The number of phenols is 1. The first-order chi connectivity index (χ1) is 15.9. The first-order valence-electron chi connectivity index (χ1n) is 11.3. The number of phenolic OH excluding ortho intramolecular Hbond substituents is 1. The Morgan fingerprint density at radius 3 is 2.00 bits per heavy atom. The first-order valence-corrected chi connectivity index (χ1v) is 11.3. The summed E-state index contributed by atoms with van der Waals surface area (Å²) in [7, 11) is 0. The normalized spacial score (nSPS) is 15.5. The fourth-order valence-electron chi connectivity index (χ4n) is 4.05. The second kappa shape index (κ2) is 9.77. The zero-order valence-corrected chi connectivity index (χ0v) is 18.9. The van der Waals surface area contributed by atoms with Gasteiger partial charge in [-0.05, 0) is 71.8 Å². The van der Waals surface area contributed by atoms with E-state index < -0.39 is 6.04 Å². The second-order valence-electron chi connectivity index (χ2n) is 8.67. The second-order valence-corrected chi connectivity index (χ2v) is 8.67. The Balaban J connectivity index is 1.38. The van der Waals surface area contributed by atoms with Crippen LogP contribution in [0.15, 0.2) is 72.8 Å². The molecule has 6 heteroatoms. The van der Waals surface area contributed by atoms with Crippen LogP contribution in [0.3, 0.4) is 0 Å². The average Bonchev–Trinajstić information content (AvgIpc) is 3.31. The Bertz CT molecular complexity index is 1110. The summed E-state index contributed by atoms with van der Waals surface area (Å²) in [5, 5.41) is 15.3. The zero-order valence-electron chi connectivity index (χ0n) is 18.9. The predicted molar refractivity (Wildman–Crippen MR) is 131 cm³/mol. The molecule has 3 amide bonds. The maximum Gasteiger partial charge on any atom is 0.322 e. The molecule has 0 saturated carbocycles. The third-order valence-electron chi connectivity index (χ3n) is 6.00. The lowest BCUT2D eigenvalue weighted by atomic mass is 10.0. The molecule has 1 aliphatic rings. The number of anilines is 2. The van der Waals surface area contributed by atoms with Crippen LogP contribution in [0.5, 0.6) is 5.75 Å². The van der Waals surface area contributed by atoms with Crippen molar-refractivity contribution in [3.05, 3.63) is 78.4 Å². The molecular formula is C27H29N3O3. The maximum atomic E-state index is 12.9. The summed E-state index contributed by atoms with van der Waals surface area (Å²) in [6.45, 7) is 4.80. The van der Waals surface area contributed by atoms with Crippen LogP contribution in [0.1, 0.15) is 38.2 Å². The van der Waals surface area contributed by atoms with Gasteiger partial charge in [0.25, 0.3) is 0 Å². The van der Waals surface area contributed by atoms with Crippen molar-refractivity contribution in [3.63, 3.8) is 0 Å². The molecule has 1 aliphatic heterocycles. The van der Waals surface area contributed by atoms with Crippen LogP contribution in [0.2, 0.25) is 0 Å². The van der Waals surface area contributed by atoms with E-state index in [4.69, 9.17) is 0 Å². The average molecular weight is 444 g/mol. The molecule has 0 spiro atoms. The molecule has 0 aliphatic carbocycles. The Morgan fingerprint density at radius 1 is 0.848 bits per heavy atom. The van der Waals surface area contributed by atoms with Crippen LogP contribution >= 0.6 is 0 Å². The van der Waals surface area contributed by atoms with Gasteiger partial charge in [-0.3, -0.25) is 4.79 Å². The van der Waals surface area contributed by atoms with Gasteiger partial charge in [-0.1, -0.05) is 50.2 Å². The Morgan fingerprint density at radius 2 is 1.39 bits per heavy atom. The summed E-state index contributed by atoms with van der Waals surface area (Å²) in [6.07, 6.45) is 1.43. The number of likely N-dealkylation sites (tertiary alicyclic amines) is 1. The van der Waals surface area contributed by atoms with E-state index in [1.165, 1.54) is 5.56 Å². The van der Waals surface area contributed by atoms with Crippen molar-refractivity contribution >= 4 is 23.3 Å². The van der Waals surface area contributed by atoms with Crippen molar-refractivity contribution < 1.29 is 14.7 Å². The molecule has 0 radical (unpaired) electrons. The van der Waals surface area contributed by atoms with Gasteiger partial charge in [0.15, 0.2) is 0 Å². The lowest BCUT2D eigenvalue weighted by Crippen LogP contribution is -2.45. The van der Waals surface area contributed by atoms with Gasteiger partial charge in [-0.25, -0.2) is 4.79 Å². The number of hydrogen-bond donors (Lipinski definition) is 3. The number of carbonyl (C=O) groups excluding carboxylic acids is 2. The smallest absolute Gasteiger partial charge is 0.322 e. The summed E-state index contributed by atoms with van der Waals surface area (Å²) in [5.74, 6) is 0.465. The fraction of sp³-hybridized carbons (Fsp3) is 0.259. The molecular weight excluding hydrogens is 414 g/mol. The van der Waals surface area contributed by atoms with Gasteiger partial charge in [0, 0.05) is 17.9 Å². The van der Waals surface area contributed by atoms with Gasteiger partial charge in [-0.15, -0.1) is 0 Å². The Hall–Kier alpha value is -3.80. The van der Waals surface area contributed by atoms with Gasteiger partial charge in [0.2, 0.25) is 5.91 Å². The third kappa shape index (κ3) is 5.34. The highest BCUT2D eigenvalue weighted by molar-refractivity contribution is 5.99. The lowest BCUT2D eigenvalue weighted by Gasteiger charge is -2.24. The lowest BCUT2D eigenvalue weighted by molar-refractivity contribution is -0.119. The zero-order chi connectivity index (χ0) is 23.4. The number of benzene rings is 3. The van der Waals surface area contributed by atoms with E-state index in [9.17, 15) is 14.7 Å². The molecule has 3 N–H and O–H groups in total. The van der Waals surface area contributed by atoms with Crippen LogP contribution in [-0.4, -0.2) is 34.5 Å². The summed E-state index contributed by atoms with van der Waals surface area (Å²) in [5.41, 5.74) is 4.58. The van der Waals surface area contributed by atoms with Gasteiger partial charge in [-0.2, -0.15) is 0 Å². The minimum Gasteiger partial charge on any atom is -0.508 e. The molecule has 1 heterocycles. The molecule has 0 aromatic heterocycles. The molecule has 1 atom stereocenters. The van der Waals surface area contributed by atoms with Crippen LogP contribution in [0.25, 0.3) is 11.1 Å². The highest BCUT2D eigenvalue weighted by atomic mass is 16.3. The van der Waals surface area contributed by atoms with Crippen molar-refractivity contribution in [1.29, 1.82) is 0 Å². The van der Waals surface area contributed by atoms with E-state index in [0.717, 1.165) is 23.2 Å². The molecule has 3 aromatic carbocycles. The largest absolute Gasteiger partial charge is 0.508 e. The SMILES string of the molecule is CC(C)c1ccc(NC(=O)N2CCC[C@@H]2C(=O)Nc2ccc(-c3ccc(O)cc3)cc2)cc1. The maximum absolute atomic E-state index is 12.9. The molecule has 170 valence electrons. The van der Waals surface area contributed by atoms with Crippen LogP contribution in [-0.2, 0) is 4.79 Å². The summed E-state index contributed by atoms with van der Waals surface area (Å²) in [4.78, 5) is 27.4. The van der Waals surface area contributed by atoms with Crippen LogP contribution < -0.4 is 10.6 Å². The number of urea groups is 1. The molecule has 0 bridgehead atoms. The number of aromatic hydroxyl groups is 1. The molecule has 3 aromatic rings. The van der Waals surface area contributed by atoms with Gasteiger partial charge in [0.1, 0.15) is 11.8 Å². The van der Waals surface area contributed by atoms with Gasteiger partial charge < -0.3 is 20.6 Å². The van der Waals surface area contributed by atoms with Gasteiger partial charge >= 0.3 is 6.03 Å². The fourth-order valence-corrected chi connectivity index (χ4v) is 4.05. The molecule has 4 rings (SSSR count). The molecule has 0 unspecified atom stereocenters. The number of nitrogens with one attached hydrogen (secondary N) is 2. The van der Waals surface area contributed by atoms with E-state index >= 15 is 0 Å². The number of nitrogens with zero attached hydrogens (tertiary/aromatic N) is 1.